The molecule has 0 unspecified atom stereocenters. The van der Waals surface area contributed by atoms with Crippen molar-refractivity contribution in [2.75, 3.05) is 14.2 Å². The first kappa shape index (κ1) is 28.6. The van der Waals surface area contributed by atoms with E-state index in [-0.39, 0.29) is 34.8 Å². The summed E-state index contributed by atoms with van der Waals surface area (Å²) >= 11 is 2.05. The topological polar surface area (TPSA) is 82.1 Å². The van der Waals surface area contributed by atoms with E-state index in [4.69, 9.17) is 9.47 Å². The molecule has 0 radical (unpaired) electrons. The van der Waals surface area contributed by atoms with E-state index in [1.54, 1.807) is 18.2 Å². The lowest BCUT2D eigenvalue weighted by Crippen LogP contribution is -2.06. The van der Waals surface area contributed by atoms with Crippen LogP contribution < -0.4 is 4.74 Å². The number of hydrogen-bond acceptors (Lipinski definition) is 6. The first-order valence-electron chi connectivity index (χ1n) is 11.1. The minimum atomic E-state index is -0.690. The molecule has 4 rings (SSSR count). The molecule has 6 nitrogen and oxygen atoms in total. The molecule has 0 heterocycles. The number of ether oxygens (including phenoxy) is 3. The average molecular weight is 632 g/mol. The summed E-state index contributed by atoms with van der Waals surface area (Å²) in [6.45, 7) is 0.236. The van der Waals surface area contributed by atoms with Crippen molar-refractivity contribution in [1.82, 2.24) is 0 Å². The fourth-order valence-electron chi connectivity index (χ4n) is 3.33. The van der Waals surface area contributed by atoms with Gasteiger partial charge in [0.05, 0.1) is 14.2 Å². The Hall–Kier alpha value is -3.99. The lowest BCUT2D eigenvalue weighted by atomic mass is 10.0. The first-order valence-corrected chi connectivity index (χ1v) is 12.2. The summed E-state index contributed by atoms with van der Waals surface area (Å²) in [5.74, 6) is -2.21. The van der Waals surface area contributed by atoms with Gasteiger partial charge in [-0.15, -0.1) is 0 Å². The van der Waals surface area contributed by atoms with Crippen molar-refractivity contribution in [3.05, 3.63) is 117 Å². The Morgan fingerprint density at radius 2 is 1.47 bits per heavy atom. The molecule has 0 saturated carbocycles. The van der Waals surface area contributed by atoms with Crippen molar-refractivity contribution >= 4 is 34.5 Å². The van der Waals surface area contributed by atoms with Crippen molar-refractivity contribution in [2.24, 2.45) is 0 Å². The van der Waals surface area contributed by atoms with Gasteiger partial charge in [0, 0.05) is 15.2 Å². The third kappa shape index (κ3) is 7.51. The Balaban J connectivity index is 0.000000279. The number of carbonyl (C=O) groups is 2. The molecular formula is C29H23F2IO6. The van der Waals surface area contributed by atoms with Crippen LogP contribution in [0.1, 0.15) is 26.3 Å². The standard InChI is InChI=1S/C21H16F2O3.C8H7IO3/c1-25-21(24)18-9-7-15(17-10-8-16(22)12-19(17)23)11-20(18)26-13-14-5-3-2-4-6-14;1-12-8(11)6-3-2-5(9)4-7(6)10/h2-12H,13H2,1H3;2-4,10H,1H3. The van der Waals surface area contributed by atoms with Crippen LogP contribution in [0.4, 0.5) is 8.78 Å². The predicted octanol–water partition coefficient (Wildman–Crippen LogP) is 6.78. The van der Waals surface area contributed by atoms with Crippen molar-refractivity contribution in [1.29, 1.82) is 0 Å². The highest BCUT2D eigenvalue weighted by molar-refractivity contribution is 14.1. The van der Waals surface area contributed by atoms with Crippen molar-refractivity contribution < 1.29 is 37.7 Å². The summed E-state index contributed by atoms with van der Waals surface area (Å²) in [5, 5.41) is 9.29. The Morgan fingerprint density at radius 1 is 0.816 bits per heavy atom. The van der Waals surface area contributed by atoms with Gasteiger partial charge in [-0.05, 0) is 76.2 Å². The maximum absolute atomic E-state index is 14.1. The minimum Gasteiger partial charge on any atom is -0.507 e. The fourth-order valence-corrected chi connectivity index (χ4v) is 3.81. The molecule has 0 aromatic heterocycles. The van der Waals surface area contributed by atoms with Gasteiger partial charge in [-0.2, -0.15) is 0 Å². The molecule has 0 aliphatic heterocycles. The van der Waals surface area contributed by atoms with Crippen LogP contribution in [0.15, 0.2) is 84.9 Å². The van der Waals surface area contributed by atoms with Crippen molar-refractivity contribution in [3.8, 4) is 22.6 Å². The SMILES string of the molecule is COC(=O)c1ccc(-c2ccc(F)cc2F)cc1OCc1ccccc1.COC(=O)c1ccc(I)cc1O. The van der Waals surface area contributed by atoms with Crippen LogP contribution in [-0.2, 0) is 16.1 Å². The molecule has 4 aromatic rings. The van der Waals surface area contributed by atoms with Gasteiger partial charge in [-0.25, -0.2) is 18.4 Å². The van der Waals surface area contributed by atoms with Gasteiger partial charge in [0.2, 0.25) is 0 Å². The number of phenolic OH excluding ortho intramolecular Hbond substituents is 1. The van der Waals surface area contributed by atoms with Crippen LogP contribution in [0.3, 0.4) is 0 Å². The van der Waals surface area contributed by atoms with Crippen LogP contribution in [0.2, 0.25) is 0 Å². The van der Waals surface area contributed by atoms with E-state index in [1.807, 2.05) is 52.9 Å². The van der Waals surface area contributed by atoms with Gasteiger partial charge in [0.15, 0.2) is 0 Å². The number of esters is 2. The molecule has 4 aromatic carbocycles. The normalized spacial score (nSPS) is 10.1. The van der Waals surface area contributed by atoms with Crippen LogP contribution in [0, 0.1) is 15.2 Å². The fraction of sp³-hybridized carbons (Fsp3) is 0.103. The predicted molar refractivity (Wildman–Crippen MR) is 146 cm³/mol. The molecular weight excluding hydrogens is 609 g/mol. The Bertz CT molecular complexity index is 1430. The third-order valence-electron chi connectivity index (χ3n) is 5.23. The van der Waals surface area contributed by atoms with Crippen LogP contribution in [-0.4, -0.2) is 31.3 Å². The Kier molecular flexibility index (Phi) is 10.2. The second-order valence-corrected chi connectivity index (χ2v) is 9.00. The summed E-state index contributed by atoms with van der Waals surface area (Å²) in [5.41, 5.74) is 2.03. The molecule has 196 valence electrons. The zero-order chi connectivity index (χ0) is 27.7. The number of benzene rings is 4. The Labute approximate surface area is 231 Å². The van der Waals surface area contributed by atoms with E-state index in [0.717, 1.165) is 15.2 Å². The van der Waals surface area contributed by atoms with Gasteiger partial charge in [0.1, 0.15) is 40.9 Å². The summed E-state index contributed by atoms with van der Waals surface area (Å²) in [7, 11) is 2.55. The highest BCUT2D eigenvalue weighted by atomic mass is 127. The van der Waals surface area contributed by atoms with Crippen LogP contribution in [0.5, 0.6) is 11.5 Å². The molecule has 38 heavy (non-hydrogen) atoms. The number of phenols is 1. The molecule has 0 fully saturated rings. The average Bonchev–Trinajstić information content (AvgIpc) is 2.92. The van der Waals surface area contributed by atoms with E-state index < -0.39 is 23.6 Å². The number of methoxy groups -OCH3 is 2. The minimum absolute atomic E-state index is 0.0475. The lowest BCUT2D eigenvalue weighted by molar-refractivity contribution is 0.0587. The molecule has 0 bridgehead atoms. The van der Waals surface area contributed by atoms with E-state index in [0.29, 0.717) is 5.56 Å². The number of carbonyl (C=O) groups excluding carboxylic acids is 2. The Morgan fingerprint density at radius 3 is 2.11 bits per heavy atom. The third-order valence-corrected chi connectivity index (χ3v) is 5.90. The largest absolute Gasteiger partial charge is 0.507 e. The van der Waals surface area contributed by atoms with E-state index >= 15 is 0 Å². The molecule has 0 atom stereocenters. The van der Waals surface area contributed by atoms with Crippen LogP contribution >= 0.6 is 22.6 Å². The smallest absolute Gasteiger partial charge is 0.341 e. The summed E-state index contributed by atoms with van der Waals surface area (Å²) in [4.78, 5) is 22.9. The van der Waals surface area contributed by atoms with Crippen molar-refractivity contribution in [3.63, 3.8) is 0 Å². The molecule has 9 heteroatoms. The molecule has 0 aliphatic carbocycles. The van der Waals surface area contributed by atoms with Gasteiger partial charge in [0.25, 0.3) is 0 Å². The monoisotopic (exact) mass is 632 g/mol. The molecule has 1 N–H and O–H groups in total. The number of rotatable bonds is 6. The molecule has 0 amide bonds. The molecule has 0 saturated heterocycles. The summed E-state index contributed by atoms with van der Waals surface area (Å²) in [6, 6.07) is 22.2. The summed E-state index contributed by atoms with van der Waals surface area (Å²) < 4.78 is 43.1. The van der Waals surface area contributed by atoms with Gasteiger partial charge in [-0.1, -0.05) is 36.4 Å². The maximum atomic E-state index is 14.1. The van der Waals surface area contributed by atoms with Crippen molar-refractivity contribution in [2.45, 2.75) is 6.61 Å². The van der Waals surface area contributed by atoms with Gasteiger partial charge in [-0.3, -0.25) is 0 Å². The van der Waals surface area contributed by atoms with Gasteiger partial charge >= 0.3 is 11.9 Å². The maximum Gasteiger partial charge on any atom is 0.341 e. The van der Waals surface area contributed by atoms with E-state index in [1.165, 1.54) is 44.6 Å². The number of hydrogen-bond donors (Lipinski definition) is 1. The second kappa shape index (κ2) is 13.5. The highest BCUT2D eigenvalue weighted by Gasteiger charge is 2.16. The van der Waals surface area contributed by atoms with E-state index in [2.05, 4.69) is 4.74 Å². The number of halogens is 3. The highest BCUT2D eigenvalue weighted by Crippen LogP contribution is 2.30. The lowest BCUT2D eigenvalue weighted by Gasteiger charge is -2.13. The first-order chi connectivity index (χ1) is 18.2. The molecule has 0 spiro atoms. The zero-order valence-electron chi connectivity index (χ0n) is 20.4. The zero-order valence-corrected chi connectivity index (χ0v) is 22.6. The number of aromatic hydroxyl groups is 1. The molecule has 0 aliphatic rings. The quantitative estimate of drug-likeness (QED) is 0.187. The second-order valence-electron chi connectivity index (χ2n) is 7.75. The van der Waals surface area contributed by atoms with Crippen LogP contribution in [0.25, 0.3) is 11.1 Å². The van der Waals surface area contributed by atoms with E-state index in [9.17, 15) is 23.5 Å². The summed E-state index contributed by atoms with van der Waals surface area (Å²) in [6.07, 6.45) is 0. The van der Waals surface area contributed by atoms with Gasteiger partial charge < -0.3 is 19.3 Å².